The normalized spacial score (nSPS) is 24.2. The van der Waals surface area contributed by atoms with Crippen molar-refractivity contribution in [3.8, 4) is 17.0 Å². The molecule has 1 unspecified atom stereocenters. The van der Waals surface area contributed by atoms with E-state index in [1.54, 1.807) is 11.0 Å². The van der Waals surface area contributed by atoms with E-state index in [-0.39, 0.29) is 57.7 Å². The lowest BCUT2D eigenvalue weighted by Gasteiger charge is -2.36. The summed E-state index contributed by atoms with van der Waals surface area (Å²) < 4.78 is 21.0. The van der Waals surface area contributed by atoms with E-state index < -0.39 is 17.5 Å². The van der Waals surface area contributed by atoms with Crippen molar-refractivity contribution in [2.24, 2.45) is 0 Å². The molecule has 2 saturated heterocycles. The van der Waals surface area contributed by atoms with E-state index in [9.17, 15) is 14.3 Å². The highest BCUT2D eigenvalue weighted by molar-refractivity contribution is 6.37. The number of nitrogens with one attached hydrogen (secondary N) is 1. The maximum absolute atomic E-state index is 14.9. The quantitative estimate of drug-likeness (QED) is 0.666. The number of carbonyl (C=O) groups is 1. The van der Waals surface area contributed by atoms with Crippen LogP contribution in [0.1, 0.15) is 30.6 Å². The third-order valence-electron chi connectivity index (χ3n) is 6.64. The molecule has 33 heavy (non-hydrogen) atoms. The summed E-state index contributed by atoms with van der Waals surface area (Å²) in [6.45, 7) is 6.25. The van der Waals surface area contributed by atoms with Gasteiger partial charge in [0.25, 0.3) is 5.91 Å². The molecule has 1 aromatic heterocycles. The maximum atomic E-state index is 14.9. The summed E-state index contributed by atoms with van der Waals surface area (Å²) in [5.74, 6) is -0.325. The second kappa shape index (κ2) is 8.27. The SMILES string of the molecule is CC1(C)CC(O)CN1c1nc(-c2c(F)cccc2Cl)c(Cl)c2c1C(=O)N1CCNC[C@@H]1CO2. The number of anilines is 1. The third-order valence-corrected chi connectivity index (χ3v) is 7.30. The summed E-state index contributed by atoms with van der Waals surface area (Å²) >= 11 is 13.1. The van der Waals surface area contributed by atoms with E-state index in [0.717, 1.165) is 0 Å². The Morgan fingerprint density at radius 3 is 2.79 bits per heavy atom. The number of aliphatic hydroxyl groups is 1. The Labute approximate surface area is 201 Å². The van der Waals surface area contributed by atoms with Gasteiger partial charge in [-0.3, -0.25) is 4.79 Å². The fourth-order valence-electron chi connectivity index (χ4n) is 5.03. The van der Waals surface area contributed by atoms with Crippen LogP contribution < -0.4 is 15.0 Å². The molecule has 2 aromatic rings. The number of nitrogens with zero attached hydrogens (tertiary/aromatic N) is 3. The van der Waals surface area contributed by atoms with Gasteiger partial charge >= 0.3 is 0 Å². The molecule has 3 aliphatic heterocycles. The summed E-state index contributed by atoms with van der Waals surface area (Å²) in [6, 6.07) is 4.18. The van der Waals surface area contributed by atoms with E-state index in [2.05, 4.69) is 5.32 Å². The molecule has 4 heterocycles. The second-order valence-electron chi connectivity index (χ2n) is 9.35. The van der Waals surface area contributed by atoms with Crippen LogP contribution in [0.3, 0.4) is 0 Å². The molecule has 2 fully saturated rings. The van der Waals surface area contributed by atoms with E-state index in [0.29, 0.717) is 31.9 Å². The highest BCUT2D eigenvalue weighted by Crippen LogP contribution is 2.47. The number of pyridine rings is 1. The number of amides is 1. The van der Waals surface area contributed by atoms with Gasteiger partial charge < -0.3 is 25.0 Å². The summed E-state index contributed by atoms with van der Waals surface area (Å²) in [6.07, 6.45) is -0.102. The smallest absolute Gasteiger partial charge is 0.261 e. The summed E-state index contributed by atoms with van der Waals surface area (Å²) in [7, 11) is 0. The van der Waals surface area contributed by atoms with E-state index in [1.807, 2.05) is 18.7 Å². The Bertz CT molecular complexity index is 1110. The Morgan fingerprint density at radius 2 is 2.09 bits per heavy atom. The molecule has 2 N–H and O–H groups in total. The fourth-order valence-corrected chi connectivity index (χ4v) is 5.56. The van der Waals surface area contributed by atoms with Gasteiger partial charge in [-0.05, 0) is 32.4 Å². The van der Waals surface area contributed by atoms with Crippen molar-refractivity contribution in [1.29, 1.82) is 0 Å². The predicted octanol–water partition coefficient (Wildman–Crippen LogP) is 3.35. The highest BCUT2D eigenvalue weighted by atomic mass is 35.5. The number of benzene rings is 1. The molecule has 0 aliphatic carbocycles. The number of piperazine rings is 1. The molecule has 0 saturated carbocycles. The number of rotatable bonds is 2. The number of hydrogen-bond donors (Lipinski definition) is 2. The van der Waals surface area contributed by atoms with Crippen molar-refractivity contribution < 1.29 is 19.0 Å². The van der Waals surface area contributed by atoms with Crippen LogP contribution in [-0.2, 0) is 0 Å². The number of ether oxygens (including phenoxy) is 1. The van der Waals surface area contributed by atoms with Gasteiger partial charge in [0, 0.05) is 31.7 Å². The second-order valence-corrected chi connectivity index (χ2v) is 10.1. The molecular formula is C23H25Cl2FN4O3. The topological polar surface area (TPSA) is 77.9 Å². The van der Waals surface area contributed by atoms with Crippen LogP contribution in [0.25, 0.3) is 11.3 Å². The molecule has 5 rings (SSSR count). The summed E-state index contributed by atoms with van der Waals surface area (Å²) in [5, 5.41) is 13.9. The molecule has 1 amide bonds. The largest absolute Gasteiger partial charge is 0.489 e. The first-order valence-electron chi connectivity index (χ1n) is 11.0. The average molecular weight is 495 g/mol. The zero-order valence-corrected chi connectivity index (χ0v) is 19.9. The number of halogens is 3. The lowest BCUT2D eigenvalue weighted by Crippen LogP contribution is -2.55. The van der Waals surface area contributed by atoms with Crippen LogP contribution in [0.15, 0.2) is 18.2 Å². The van der Waals surface area contributed by atoms with Crippen molar-refractivity contribution >= 4 is 34.9 Å². The van der Waals surface area contributed by atoms with Crippen LogP contribution in [0.5, 0.6) is 5.75 Å². The molecule has 10 heteroatoms. The average Bonchev–Trinajstić information content (AvgIpc) is 2.95. The van der Waals surface area contributed by atoms with Gasteiger partial charge in [0.2, 0.25) is 0 Å². The van der Waals surface area contributed by atoms with Gasteiger partial charge in [0.05, 0.1) is 28.4 Å². The van der Waals surface area contributed by atoms with Crippen molar-refractivity contribution in [3.63, 3.8) is 0 Å². The van der Waals surface area contributed by atoms with Gasteiger partial charge in [-0.15, -0.1) is 0 Å². The molecule has 1 aromatic carbocycles. The summed E-state index contributed by atoms with van der Waals surface area (Å²) in [5.41, 5.74) is -0.107. The lowest BCUT2D eigenvalue weighted by molar-refractivity contribution is 0.0606. The predicted molar refractivity (Wildman–Crippen MR) is 125 cm³/mol. The molecule has 176 valence electrons. The zero-order valence-electron chi connectivity index (χ0n) is 18.4. The van der Waals surface area contributed by atoms with Gasteiger partial charge in [0.1, 0.15) is 28.8 Å². The van der Waals surface area contributed by atoms with Crippen LogP contribution in [0.2, 0.25) is 10.0 Å². The van der Waals surface area contributed by atoms with Gasteiger partial charge in [-0.25, -0.2) is 9.37 Å². The van der Waals surface area contributed by atoms with Crippen LogP contribution >= 0.6 is 23.2 Å². The van der Waals surface area contributed by atoms with Gasteiger partial charge in [-0.1, -0.05) is 29.3 Å². The minimum absolute atomic E-state index is 0.0412. The van der Waals surface area contributed by atoms with E-state index in [1.165, 1.54) is 12.1 Å². The number of aromatic nitrogens is 1. The Hall–Kier alpha value is -2.13. The fraction of sp³-hybridized carbons (Fsp3) is 0.478. The van der Waals surface area contributed by atoms with Crippen molar-refractivity contribution in [1.82, 2.24) is 15.2 Å². The Balaban J connectivity index is 1.78. The summed E-state index contributed by atoms with van der Waals surface area (Å²) in [4.78, 5) is 22.2. The monoisotopic (exact) mass is 494 g/mol. The number of fused-ring (bicyclic) bond motifs is 2. The van der Waals surface area contributed by atoms with Gasteiger partial charge in [0.15, 0.2) is 5.75 Å². The molecular weight excluding hydrogens is 470 g/mol. The van der Waals surface area contributed by atoms with Crippen molar-refractivity contribution in [2.75, 3.05) is 37.7 Å². The first kappa shape index (κ1) is 22.7. The van der Waals surface area contributed by atoms with Crippen LogP contribution in [0.4, 0.5) is 10.2 Å². The molecule has 0 bridgehead atoms. The van der Waals surface area contributed by atoms with Crippen molar-refractivity contribution in [2.45, 2.75) is 38.0 Å². The molecule has 7 nitrogen and oxygen atoms in total. The standard InChI is InChI=1S/C23H25Cl2FN4O3/c1-23(2)8-13(31)10-30(23)21-17-20(33-11-12-9-27-6-7-29(12)22(17)32)18(25)19(28-21)16-14(24)4-3-5-15(16)26/h3-5,12-13,27,31H,6-11H2,1-2H3/t12-,13?/m1/s1. The van der Waals surface area contributed by atoms with E-state index in [4.69, 9.17) is 32.9 Å². The van der Waals surface area contributed by atoms with Crippen LogP contribution in [0, 0.1) is 5.82 Å². The minimum Gasteiger partial charge on any atom is -0.489 e. The first-order valence-corrected chi connectivity index (χ1v) is 11.7. The number of β-amino-alcohol motifs (C(OH)–C–C–N with tert-alkyl or cyclic N) is 1. The number of aliphatic hydroxyl groups excluding tert-OH is 1. The Morgan fingerprint density at radius 1 is 1.30 bits per heavy atom. The first-order chi connectivity index (χ1) is 15.7. The number of carbonyl (C=O) groups excluding carboxylic acids is 1. The van der Waals surface area contributed by atoms with Crippen molar-refractivity contribution in [3.05, 3.63) is 39.6 Å². The highest BCUT2D eigenvalue weighted by Gasteiger charge is 2.44. The maximum Gasteiger partial charge on any atom is 0.261 e. The third kappa shape index (κ3) is 3.73. The molecule has 0 spiro atoms. The molecule has 2 atom stereocenters. The van der Waals surface area contributed by atoms with Crippen LogP contribution in [-0.4, -0.2) is 71.4 Å². The Kier molecular flexibility index (Phi) is 5.68. The van der Waals surface area contributed by atoms with Gasteiger partial charge in [-0.2, -0.15) is 0 Å². The minimum atomic E-state index is -0.595. The molecule has 3 aliphatic rings. The number of hydrogen-bond acceptors (Lipinski definition) is 6. The molecule has 0 radical (unpaired) electrons. The zero-order chi connectivity index (χ0) is 23.5. The lowest BCUT2D eigenvalue weighted by atomic mass is 10.00. The van der Waals surface area contributed by atoms with E-state index >= 15 is 0 Å².